The molecule has 1 aliphatic heterocycles. The first-order chi connectivity index (χ1) is 9.15. The van der Waals surface area contributed by atoms with E-state index < -0.39 is 0 Å². The van der Waals surface area contributed by atoms with E-state index in [1.807, 2.05) is 18.3 Å². The molecule has 1 N–H and O–H groups in total. The second-order valence-electron chi connectivity index (χ2n) is 5.12. The quantitative estimate of drug-likeness (QED) is 0.843. The van der Waals surface area contributed by atoms with E-state index in [-0.39, 0.29) is 11.7 Å². The van der Waals surface area contributed by atoms with Gasteiger partial charge in [0.2, 0.25) is 0 Å². The molecule has 0 saturated heterocycles. The maximum Gasteiger partial charge on any atom is 0.168 e. The molecular weight excluding hydrogens is 278 g/mol. The summed E-state index contributed by atoms with van der Waals surface area (Å²) in [6.45, 7) is 0. The smallest absolute Gasteiger partial charge is 0.168 e. The van der Waals surface area contributed by atoms with Crippen molar-refractivity contribution >= 4 is 34.6 Å². The predicted octanol–water partition coefficient (Wildman–Crippen LogP) is 3.68. The fraction of sp³-hybridized carbons (Fsp3) is 0.333. The molecule has 3 rings (SSSR count). The van der Waals surface area contributed by atoms with Crippen LogP contribution in [0.3, 0.4) is 0 Å². The molecule has 0 fully saturated rings. The van der Waals surface area contributed by atoms with E-state index in [0.29, 0.717) is 5.02 Å². The number of hydrogen-bond donors (Lipinski definition) is 1. The second kappa shape index (κ2) is 5.06. The number of carbonyl (C=O) groups is 1. The van der Waals surface area contributed by atoms with Crippen LogP contribution in [0.4, 0.5) is 0 Å². The summed E-state index contributed by atoms with van der Waals surface area (Å²) in [4.78, 5) is 13.4. The van der Waals surface area contributed by atoms with Crippen LogP contribution in [0, 0.1) is 5.92 Å². The minimum absolute atomic E-state index is 0.0429. The van der Waals surface area contributed by atoms with Crippen molar-refractivity contribution in [1.29, 1.82) is 0 Å². The number of carbonyl (C=O) groups excluding carboxylic acids is 1. The lowest BCUT2D eigenvalue weighted by Crippen LogP contribution is -2.23. The van der Waals surface area contributed by atoms with Crippen LogP contribution in [0.2, 0.25) is 5.02 Å². The number of aryl methyl sites for hydroxylation is 1. The van der Waals surface area contributed by atoms with Crippen molar-refractivity contribution in [2.75, 3.05) is 0 Å². The number of thiocarbonyl (C=S) groups is 1. The maximum atomic E-state index is 12.5. The number of hydrogen-bond acceptors (Lipinski definition) is 2. The van der Waals surface area contributed by atoms with Crippen molar-refractivity contribution in [3.05, 3.63) is 46.1 Å². The minimum atomic E-state index is 0.0429. The number of rotatable bonds is 2. The fourth-order valence-electron chi connectivity index (χ4n) is 2.85. The monoisotopic (exact) mass is 291 g/mol. The van der Waals surface area contributed by atoms with Crippen LogP contribution in [0.1, 0.15) is 35.2 Å². The Morgan fingerprint density at radius 1 is 1.42 bits per heavy atom. The van der Waals surface area contributed by atoms with Crippen molar-refractivity contribution in [2.45, 2.75) is 25.7 Å². The first kappa shape index (κ1) is 12.8. The lowest BCUT2D eigenvalue weighted by molar-refractivity contribution is 0.0901. The molecule has 1 aliphatic carbocycles. The molecule has 0 amide bonds. The molecule has 0 bridgehead atoms. The lowest BCUT2D eigenvalue weighted by Gasteiger charge is -2.24. The summed E-state index contributed by atoms with van der Waals surface area (Å²) in [7, 11) is 0. The molecule has 1 aromatic carbocycles. The third-order valence-electron chi connectivity index (χ3n) is 3.81. The molecule has 1 unspecified atom stereocenters. The van der Waals surface area contributed by atoms with Crippen molar-refractivity contribution in [3.63, 3.8) is 0 Å². The molecule has 0 radical (unpaired) electrons. The van der Waals surface area contributed by atoms with Gasteiger partial charge in [0.15, 0.2) is 5.78 Å². The second-order valence-corrected chi connectivity index (χ2v) is 6.02. The van der Waals surface area contributed by atoms with Gasteiger partial charge in [-0.05, 0) is 36.5 Å². The molecule has 1 aromatic rings. The topological polar surface area (TPSA) is 29.1 Å². The van der Waals surface area contributed by atoms with Crippen molar-refractivity contribution in [2.24, 2.45) is 5.92 Å². The van der Waals surface area contributed by atoms with Gasteiger partial charge >= 0.3 is 0 Å². The third kappa shape index (κ3) is 2.45. The van der Waals surface area contributed by atoms with Crippen LogP contribution < -0.4 is 5.32 Å². The van der Waals surface area contributed by atoms with E-state index in [9.17, 15) is 4.79 Å². The standard InChI is InChI=1S/C15H14ClNOS/c16-12-3-1-2-10-4-5-11(15(18)14(10)12)6-9-7-13(19)17-8-9/h1-3,8,11H,4-7H2,(H,17,19). The van der Waals surface area contributed by atoms with Crippen LogP contribution in [0.15, 0.2) is 30.0 Å². The Bertz CT molecular complexity index is 594. The van der Waals surface area contributed by atoms with Gasteiger partial charge in [-0.15, -0.1) is 0 Å². The molecule has 1 atom stereocenters. The maximum absolute atomic E-state index is 12.5. The lowest BCUT2D eigenvalue weighted by atomic mass is 9.79. The highest BCUT2D eigenvalue weighted by Crippen LogP contribution is 2.34. The number of halogens is 1. The Morgan fingerprint density at radius 3 is 3.00 bits per heavy atom. The minimum Gasteiger partial charge on any atom is -0.356 e. The van der Waals surface area contributed by atoms with Crippen LogP contribution in [0.25, 0.3) is 0 Å². The Kier molecular flexibility index (Phi) is 3.42. The zero-order chi connectivity index (χ0) is 13.4. The molecule has 4 heteroatoms. The highest BCUT2D eigenvalue weighted by atomic mass is 35.5. The summed E-state index contributed by atoms with van der Waals surface area (Å²) in [5.41, 5.74) is 3.04. The molecular formula is C15H14ClNOS. The Balaban J connectivity index is 1.82. The highest BCUT2D eigenvalue weighted by molar-refractivity contribution is 7.80. The molecule has 98 valence electrons. The number of fused-ring (bicyclic) bond motifs is 1. The summed E-state index contributed by atoms with van der Waals surface area (Å²) in [6, 6.07) is 5.71. The SMILES string of the molecule is O=C1c2c(Cl)cccc2CCC1CC1=CNC(=S)C1. The molecule has 1 heterocycles. The van der Waals surface area contributed by atoms with E-state index in [2.05, 4.69) is 5.32 Å². The van der Waals surface area contributed by atoms with Gasteiger partial charge in [-0.1, -0.05) is 36.0 Å². The van der Waals surface area contributed by atoms with E-state index >= 15 is 0 Å². The predicted molar refractivity (Wildman–Crippen MR) is 80.6 cm³/mol. The Labute approximate surface area is 122 Å². The number of nitrogens with one attached hydrogen (secondary N) is 1. The normalized spacial score (nSPS) is 21.9. The van der Waals surface area contributed by atoms with E-state index in [1.165, 1.54) is 5.57 Å². The van der Waals surface area contributed by atoms with E-state index in [0.717, 1.165) is 41.8 Å². The van der Waals surface area contributed by atoms with Crippen molar-refractivity contribution in [3.8, 4) is 0 Å². The average molecular weight is 292 g/mol. The summed E-state index contributed by atoms with van der Waals surface area (Å²) in [5, 5.41) is 3.62. The average Bonchev–Trinajstić information content (AvgIpc) is 2.78. The zero-order valence-corrected chi connectivity index (χ0v) is 12.0. The first-order valence-corrected chi connectivity index (χ1v) is 7.22. The highest BCUT2D eigenvalue weighted by Gasteiger charge is 2.30. The zero-order valence-electron chi connectivity index (χ0n) is 10.4. The van der Waals surface area contributed by atoms with Crippen LogP contribution in [-0.2, 0) is 6.42 Å². The van der Waals surface area contributed by atoms with Gasteiger partial charge in [0.25, 0.3) is 0 Å². The summed E-state index contributed by atoms with van der Waals surface area (Å²) in [6.07, 6.45) is 5.34. The number of benzene rings is 1. The molecule has 19 heavy (non-hydrogen) atoms. The van der Waals surface area contributed by atoms with E-state index in [4.69, 9.17) is 23.8 Å². The van der Waals surface area contributed by atoms with Crippen molar-refractivity contribution < 1.29 is 4.79 Å². The molecule has 0 saturated carbocycles. The molecule has 0 spiro atoms. The van der Waals surface area contributed by atoms with Gasteiger partial charge in [0.1, 0.15) is 0 Å². The number of ketones is 1. The van der Waals surface area contributed by atoms with Gasteiger partial charge in [0, 0.05) is 24.1 Å². The molecule has 0 aromatic heterocycles. The largest absolute Gasteiger partial charge is 0.356 e. The Morgan fingerprint density at radius 2 is 2.26 bits per heavy atom. The van der Waals surface area contributed by atoms with Gasteiger partial charge in [0.05, 0.1) is 10.0 Å². The van der Waals surface area contributed by atoms with Crippen LogP contribution in [-0.4, -0.2) is 10.8 Å². The Hall–Kier alpha value is -1.19. The van der Waals surface area contributed by atoms with Gasteiger partial charge < -0.3 is 5.32 Å². The van der Waals surface area contributed by atoms with Crippen LogP contribution in [0.5, 0.6) is 0 Å². The summed E-state index contributed by atoms with van der Waals surface area (Å²) in [5.74, 6) is 0.229. The summed E-state index contributed by atoms with van der Waals surface area (Å²) < 4.78 is 0. The molecule has 2 aliphatic rings. The van der Waals surface area contributed by atoms with Gasteiger partial charge in [-0.3, -0.25) is 4.79 Å². The van der Waals surface area contributed by atoms with E-state index in [1.54, 1.807) is 6.07 Å². The first-order valence-electron chi connectivity index (χ1n) is 6.44. The number of Topliss-reactive ketones (excluding diaryl/α,β-unsaturated/α-hetero) is 1. The van der Waals surface area contributed by atoms with Gasteiger partial charge in [-0.25, -0.2) is 0 Å². The third-order valence-corrected chi connectivity index (χ3v) is 4.39. The summed E-state index contributed by atoms with van der Waals surface area (Å²) >= 11 is 11.3. The van der Waals surface area contributed by atoms with Gasteiger partial charge in [-0.2, -0.15) is 0 Å². The molecule has 2 nitrogen and oxygen atoms in total. The van der Waals surface area contributed by atoms with Crippen molar-refractivity contribution in [1.82, 2.24) is 5.32 Å². The van der Waals surface area contributed by atoms with Crippen LogP contribution >= 0.6 is 23.8 Å². The fourth-order valence-corrected chi connectivity index (χ4v) is 3.38.